The standard InChI is InChI=1S/C24H46NO4/c1-4-6-8-10-11-12-13-14-15-17-22(19-23(27)25-21(3)20-26)29-24(28)18-16-9-7-5-2/h21-22,26H,3-20H2,1-2H3,(H,25,27)/t21-,22+/m0/s1. The number of unbranched alkanes of at least 4 members (excludes halogenated alkanes) is 11. The van der Waals surface area contributed by atoms with Gasteiger partial charge in [0.1, 0.15) is 6.10 Å². The Morgan fingerprint density at radius 3 is 1.93 bits per heavy atom. The highest BCUT2D eigenvalue weighted by molar-refractivity contribution is 5.77. The maximum Gasteiger partial charge on any atom is 0.306 e. The molecule has 5 nitrogen and oxygen atoms in total. The first kappa shape index (κ1) is 27.9. The molecule has 2 atom stereocenters. The number of carbonyl (C=O) groups is 2. The molecular weight excluding hydrogens is 366 g/mol. The minimum Gasteiger partial charge on any atom is -0.462 e. The third kappa shape index (κ3) is 18.7. The summed E-state index contributed by atoms with van der Waals surface area (Å²) in [4.78, 5) is 24.2. The zero-order chi connectivity index (χ0) is 21.7. The average molecular weight is 413 g/mol. The number of hydrogen-bond donors (Lipinski definition) is 2. The molecule has 1 radical (unpaired) electrons. The predicted molar refractivity (Wildman–Crippen MR) is 119 cm³/mol. The van der Waals surface area contributed by atoms with Crippen LogP contribution in [0.2, 0.25) is 0 Å². The van der Waals surface area contributed by atoms with Gasteiger partial charge in [0.15, 0.2) is 0 Å². The third-order valence-electron chi connectivity index (χ3n) is 5.16. The first-order valence-corrected chi connectivity index (χ1v) is 12.0. The lowest BCUT2D eigenvalue weighted by Gasteiger charge is -2.19. The molecular formula is C24H46NO4. The zero-order valence-electron chi connectivity index (χ0n) is 19.1. The van der Waals surface area contributed by atoms with Gasteiger partial charge in [-0.3, -0.25) is 9.59 Å². The second-order valence-corrected chi connectivity index (χ2v) is 8.19. The van der Waals surface area contributed by atoms with Gasteiger partial charge in [0.2, 0.25) is 5.91 Å². The van der Waals surface area contributed by atoms with E-state index in [1.165, 1.54) is 44.9 Å². The monoisotopic (exact) mass is 412 g/mol. The summed E-state index contributed by atoms with van der Waals surface area (Å²) >= 11 is 0. The molecule has 0 unspecified atom stereocenters. The van der Waals surface area contributed by atoms with Crippen molar-refractivity contribution in [3.05, 3.63) is 6.92 Å². The van der Waals surface area contributed by atoms with Gasteiger partial charge in [0.25, 0.3) is 0 Å². The van der Waals surface area contributed by atoms with Crippen molar-refractivity contribution in [2.24, 2.45) is 0 Å². The van der Waals surface area contributed by atoms with Gasteiger partial charge < -0.3 is 15.2 Å². The molecule has 0 fully saturated rings. The summed E-state index contributed by atoms with van der Waals surface area (Å²) < 4.78 is 5.61. The van der Waals surface area contributed by atoms with E-state index in [0.717, 1.165) is 38.5 Å². The van der Waals surface area contributed by atoms with Crippen molar-refractivity contribution < 1.29 is 19.4 Å². The summed E-state index contributed by atoms with van der Waals surface area (Å²) in [5.41, 5.74) is 0. The minimum absolute atomic E-state index is 0.143. The highest BCUT2D eigenvalue weighted by Crippen LogP contribution is 2.15. The molecule has 0 heterocycles. The largest absolute Gasteiger partial charge is 0.462 e. The van der Waals surface area contributed by atoms with Gasteiger partial charge in [-0.25, -0.2) is 0 Å². The molecule has 5 heteroatoms. The highest BCUT2D eigenvalue weighted by atomic mass is 16.5. The molecule has 0 aliphatic heterocycles. The van der Waals surface area contributed by atoms with Crippen molar-refractivity contribution in [2.75, 3.05) is 6.61 Å². The number of hydrogen-bond acceptors (Lipinski definition) is 4. The first-order chi connectivity index (χ1) is 14.0. The number of aliphatic hydroxyl groups excluding tert-OH is 1. The molecule has 0 saturated carbocycles. The summed E-state index contributed by atoms with van der Waals surface area (Å²) in [5, 5.41) is 11.7. The molecule has 0 aromatic rings. The Bertz CT molecular complexity index is 400. The van der Waals surface area contributed by atoms with E-state index in [1.54, 1.807) is 0 Å². The SMILES string of the molecule is [CH2][C@@H](CO)NC(=O)C[C@@H](CCCCCCCCCCC)OC(=O)CCCCCC. The van der Waals surface area contributed by atoms with Crippen molar-refractivity contribution in [3.8, 4) is 0 Å². The molecule has 0 rings (SSSR count). The van der Waals surface area contributed by atoms with Crippen molar-refractivity contribution in [1.82, 2.24) is 5.32 Å². The summed E-state index contributed by atoms with van der Waals surface area (Å²) in [6.07, 6.45) is 16.1. The van der Waals surface area contributed by atoms with E-state index in [0.29, 0.717) is 12.8 Å². The van der Waals surface area contributed by atoms with Crippen molar-refractivity contribution in [1.29, 1.82) is 0 Å². The van der Waals surface area contributed by atoms with Crippen molar-refractivity contribution in [3.63, 3.8) is 0 Å². The fourth-order valence-electron chi connectivity index (χ4n) is 3.37. The van der Waals surface area contributed by atoms with Crippen LogP contribution in [0.5, 0.6) is 0 Å². The minimum atomic E-state index is -0.527. The number of nitrogens with one attached hydrogen (secondary N) is 1. The Morgan fingerprint density at radius 1 is 0.862 bits per heavy atom. The molecule has 29 heavy (non-hydrogen) atoms. The molecule has 2 N–H and O–H groups in total. The van der Waals surface area contributed by atoms with Crippen LogP contribution in [-0.4, -0.2) is 35.7 Å². The number of amides is 1. The second-order valence-electron chi connectivity index (χ2n) is 8.19. The highest BCUT2D eigenvalue weighted by Gasteiger charge is 2.19. The zero-order valence-corrected chi connectivity index (χ0v) is 19.1. The molecule has 0 aromatic heterocycles. The number of carbonyl (C=O) groups excluding carboxylic acids is 2. The normalized spacial score (nSPS) is 13.1. The van der Waals surface area contributed by atoms with E-state index in [4.69, 9.17) is 9.84 Å². The third-order valence-corrected chi connectivity index (χ3v) is 5.16. The Balaban J connectivity index is 4.20. The smallest absolute Gasteiger partial charge is 0.306 e. The Hall–Kier alpha value is -1.10. The van der Waals surface area contributed by atoms with Gasteiger partial charge in [-0.15, -0.1) is 0 Å². The molecule has 0 aromatic carbocycles. The van der Waals surface area contributed by atoms with Crippen LogP contribution in [0, 0.1) is 6.92 Å². The average Bonchev–Trinajstić information content (AvgIpc) is 2.69. The van der Waals surface area contributed by atoms with Gasteiger partial charge in [-0.05, 0) is 26.2 Å². The Kier molecular flexibility index (Phi) is 19.4. The fourth-order valence-corrected chi connectivity index (χ4v) is 3.37. The number of esters is 1. The maximum absolute atomic E-state index is 12.1. The quantitative estimate of drug-likeness (QED) is 0.205. The summed E-state index contributed by atoms with van der Waals surface area (Å²) in [5.74, 6) is -0.429. The first-order valence-electron chi connectivity index (χ1n) is 12.0. The van der Waals surface area contributed by atoms with Gasteiger partial charge in [-0.1, -0.05) is 84.5 Å². The van der Waals surface area contributed by atoms with E-state index >= 15 is 0 Å². The summed E-state index contributed by atoms with van der Waals surface area (Å²) in [6, 6.07) is -0.527. The van der Waals surface area contributed by atoms with Crippen LogP contribution < -0.4 is 5.32 Å². The molecule has 0 bridgehead atoms. The number of rotatable bonds is 20. The number of aliphatic hydroxyl groups is 1. The fraction of sp³-hybridized carbons (Fsp3) is 0.875. The topological polar surface area (TPSA) is 75.6 Å². The molecule has 0 aliphatic rings. The van der Waals surface area contributed by atoms with E-state index in [-0.39, 0.29) is 31.0 Å². The summed E-state index contributed by atoms with van der Waals surface area (Å²) in [7, 11) is 0. The van der Waals surface area contributed by atoms with Gasteiger partial charge in [0.05, 0.1) is 19.1 Å². The predicted octanol–water partition coefficient (Wildman–Crippen LogP) is 5.49. The van der Waals surface area contributed by atoms with Gasteiger partial charge >= 0.3 is 5.97 Å². The van der Waals surface area contributed by atoms with Crippen LogP contribution in [0.25, 0.3) is 0 Å². The number of ether oxygens (including phenoxy) is 1. The Morgan fingerprint density at radius 2 is 1.38 bits per heavy atom. The van der Waals surface area contributed by atoms with Crippen molar-refractivity contribution >= 4 is 11.9 Å². The second kappa shape index (κ2) is 20.2. The molecule has 0 aliphatic carbocycles. The lowest BCUT2D eigenvalue weighted by atomic mass is 10.0. The van der Waals surface area contributed by atoms with Crippen LogP contribution in [0.15, 0.2) is 0 Å². The van der Waals surface area contributed by atoms with E-state index < -0.39 is 6.04 Å². The molecule has 0 saturated heterocycles. The van der Waals surface area contributed by atoms with Gasteiger partial charge in [-0.2, -0.15) is 0 Å². The summed E-state index contributed by atoms with van der Waals surface area (Å²) in [6.45, 7) is 7.82. The van der Waals surface area contributed by atoms with E-state index in [2.05, 4.69) is 26.1 Å². The Labute approximate surface area is 179 Å². The lowest BCUT2D eigenvalue weighted by Crippen LogP contribution is -2.37. The molecule has 1 amide bonds. The lowest BCUT2D eigenvalue weighted by molar-refractivity contribution is -0.151. The molecule has 171 valence electrons. The van der Waals surface area contributed by atoms with Crippen LogP contribution in [-0.2, 0) is 14.3 Å². The van der Waals surface area contributed by atoms with E-state index in [9.17, 15) is 9.59 Å². The van der Waals surface area contributed by atoms with Crippen LogP contribution in [0.3, 0.4) is 0 Å². The van der Waals surface area contributed by atoms with Crippen molar-refractivity contribution in [2.45, 2.75) is 129 Å². The van der Waals surface area contributed by atoms with E-state index in [1.807, 2.05) is 0 Å². The maximum atomic E-state index is 12.1. The van der Waals surface area contributed by atoms with Gasteiger partial charge in [0, 0.05) is 6.42 Å². The van der Waals surface area contributed by atoms with Crippen LogP contribution >= 0.6 is 0 Å². The van der Waals surface area contributed by atoms with Crippen LogP contribution in [0.4, 0.5) is 0 Å². The molecule has 0 spiro atoms. The van der Waals surface area contributed by atoms with Crippen LogP contribution in [0.1, 0.15) is 117 Å².